The van der Waals surface area contributed by atoms with Crippen LogP contribution < -0.4 is 10.1 Å². The molecule has 2 saturated heterocycles. The number of amides is 2. The van der Waals surface area contributed by atoms with Crippen molar-refractivity contribution in [3.63, 3.8) is 0 Å². The molecule has 0 aliphatic carbocycles. The second kappa shape index (κ2) is 10.4. The van der Waals surface area contributed by atoms with E-state index in [2.05, 4.69) is 5.32 Å². The van der Waals surface area contributed by atoms with Crippen molar-refractivity contribution in [2.24, 2.45) is 0 Å². The molecule has 6 nitrogen and oxygen atoms in total. The van der Waals surface area contributed by atoms with Gasteiger partial charge in [0.05, 0.1) is 11.7 Å². The minimum Gasteiger partial charge on any atom is -0.490 e. The molecule has 2 aromatic rings. The van der Waals surface area contributed by atoms with Crippen molar-refractivity contribution in [2.45, 2.75) is 44.8 Å². The number of ether oxygens (including phenoxy) is 2. The first-order valence-electron chi connectivity index (χ1n) is 11.2. The minimum absolute atomic E-state index is 0.0904. The number of benzene rings is 2. The summed E-state index contributed by atoms with van der Waals surface area (Å²) in [6.07, 6.45) is 5.50. The molecule has 2 fully saturated rings. The third kappa shape index (κ3) is 5.64. The van der Waals surface area contributed by atoms with Gasteiger partial charge in [-0.2, -0.15) is 0 Å². The Morgan fingerprint density at radius 3 is 2.52 bits per heavy atom. The highest BCUT2D eigenvalue weighted by molar-refractivity contribution is 5.97. The molecule has 0 radical (unpaired) electrons. The van der Waals surface area contributed by atoms with Gasteiger partial charge in [-0.05, 0) is 61.9 Å². The molecule has 2 heterocycles. The van der Waals surface area contributed by atoms with E-state index in [4.69, 9.17) is 9.47 Å². The highest BCUT2D eigenvalue weighted by Gasteiger charge is 2.19. The van der Waals surface area contributed by atoms with E-state index in [1.54, 1.807) is 6.07 Å². The number of likely N-dealkylation sites (tertiary alicyclic amines) is 1. The van der Waals surface area contributed by atoms with Gasteiger partial charge >= 0.3 is 0 Å². The van der Waals surface area contributed by atoms with Gasteiger partial charge in [-0.1, -0.05) is 24.3 Å². The van der Waals surface area contributed by atoms with Crippen LogP contribution in [0.2, 0.25) is 0 Å². The second-order valence-electron chi connectivity index (χ2n) is 8.17. The number of piperidine rings is 1. The average Bonchev–Trinajstić information content (AvgIpc) is 3.35. The maximum absolute atomic E-state index is 12.7. The van der Waals surface area contributed by atoms with Crippen LogP contribution in [-0.4, -0.2) is 49.1 Å². The zero-order valence-electron chi connectivity index (χ0n) is 17.8. The molecule has 2 aliphatic rings. The standard InChI is InChI=1S/C25H30N2O4/c28-24(22-8-2-3-9-23(22)31-18-21-7-6-16-30-21)26-17-19-10-12-20(13-11-19)25(29)27-14-4-1-5-15-27/h2-3,8-13,21H,1,4-7,14-18H2,(H,26,28)/t21-/m1/s1. The molecule has 0 saturated carbocycles. The van der Waals surface area contributed by atoms with Gasteiger partial charge in [-0.25, -0.2) is 0 Å². The molecule has 0 aromatic heterocycles. The fourth-order valence-corrected chi connectivity index (χ4v) is 4.06. The number of hydrogen-bond acceptors (Lipinski definition) is 4. The van der Waals surface area contributed by atoms with Gasteiger partial charge in [0, 0.05) is 31.8 Å². The van der Waals surface area contributed by atoms with Crippen molar-refractivity contribution in [3.8, 4) is 5.75 Å². The zero-order chi connectivity index (χ0) is 21.5. The second-order valence-corrected chi connectivity index (χ2v) is 8.17. The molecule has 6 heteroatoms. The van der Waals surface area contributed by atoms with Crippen LogP contribution in [0.25, 0.3) is 0 Å². The lowest BCUT2D eigenvalue weighted by atomic mass is 10.1. The van der Waals surface area contributed by atoms with Crippen LogP contribution in [0.3, 0.4) is 0 Å². The molecule has 164 valence electrons. The Hall–Kier alpha value is -2.86. The summed E-state index contributed by atoms with van der Waals surface area (Å²) in [7, 11) is 0. The largest absolute Gasteiger partial charge is 0.490 e. The van der Waals surface area contributed by atoms with E-state index in [0.29, 0.717) is 30.0 Å². The lowest BCUT2D eigenvalue weighted by Crippen LogP contribution is -2.35. The van der Waals surface area contributed by atoms with Gasteiger partial charge in [0.2, 0.25) is 0 Å². The maximum Gasteiger partial charge on any atom is 0.255 e. The van der Waals surface area contributed by atoms with E-state index in [1.165, 1.54) is 6.42 Å². The fourth-order valence-electron chi connectivity index (χ4n) is 4.06. The van der Waals surface area contributed by atoms with Crippen molar-refractivity contribution < 1.29 is 19.1 Å². The summed E-state index contributed by atoms with van der Waals surface area (Å²) in [5, 5.41) is 2.95. The summed E-state index contributed by atoms with van der Waals surface area (Å²) >= 11 is 0. The zero-order valence-corrected chi connectivity index (χ0v) is 17.8. The van der Waals surface area contributed by atoms with Gasteiger partial charge in [0.15, 0.2) is 0 Å². The topological polar surface area (TPSA) is 67.9 Å². The Morgan fingerprint density at radius 2 is 1.77 bits per heavy atom. The third-order valence-electron chi connectivity index (χ3n) is 5.88. The van der Waals surface area contributed by atoms with E-state index >= 15 is 0 Å². The van der Waals surface area contributed by atoms with Crippen molar-refractivity contribution in [1.29, 1.82) is 0 Å². The SMILES string of the molecule is O=C(NCc1ccc(C(=O)N2CCCCC2)cc1)c1ccccc1OC[C@H]1CCCO1. The Balaban J connectivity index is 1.32. The van der Waals surface area contributed by atoms with E-state index < -0.39 is 0 Å². The van der Waals surface area contributed by atoms with Crippen LogP contribution in [0.5, 0.6) is 5.75 Å². The predicted octanol–water partition coefficient (Wildman–Crippen LogP) is 3.80. The number of nitrogens with one attached hydrogen (secondary N) is 1. The van der Waals surface area contributed by atoms with E-state index in [-0.39, 0.29) is 17.9 Å². The van der Waals surface area contributed by atoms with Crippen LogP contribution in [-0.2, 0) is 11.3 Å². The van der Waals surface area contributed by atoms with Gasteiger partial charge in [0.1, 0.15) is 12.4 Å². The van der Waals surface area contributed by atoms with Crippen LogP contribution in [0.15, 0.2) is 48.5 Å². The molecule has 2 amide bonds. The Labute approximate surface area is 183 Å². The van der Waals surface area contributed by atoms with Crippen LogP contribution in [0.1, 0.15) is 58.4 Å². The van der Waals surface area contributed by atoms with Crippen LogP contribution in [0.4, 0.5) is 0 Å². The molecule has 2 aromatic carbocycles. The lowest BCUT2D eigenvalue weighted by molar-refractivity contribution is 0.0670. The van der Waals surface area contributed by atoms with Crippen molar-refractivity contribution in [1.82, 2.24) is 10.2 Å². The van der Waals surface area contributed by atoms with Crippen molar-refractivity contribution >= 4 is 11.8 Å². The van der Waals surface area contributed by atoms with E-state index in [9.17, 15) is 9.59 Å². The van der Waals surface area contributed by atoms with Gasteiger partial charge in [-0.3, -0.25) is 9.59 Å². The lowest BCUT2D eigenvalue weighted by Gasteiger charge is -2.26. The molecule has 1 N–H and O–H groups in total. The molecule has 0 bridgehead atoms. The number of nitrogens with zero attached hydrogens (tertiary/aromatic N) is 1. The highest BCUT2D eigenvalue weighted by atomic mass is 16.5. The summed E-state index contributed by atoms with van der Waals surface area (Å²) < 4.78 is 11.5. The summed E-state index contributed by atoms with van der Waals surface area (Å²) in [5.74, 6) is 0.474. The van der Waals surface area contributed by atoms with Gasteiger partial charge in [0.25, 0.3) is 11.8 Å². The molecule has 1 atom stereocenters. The number of carbonyl (C=O) groups is 2. The number of para-hydroxylation sites is 1. The van der Waals surface area contributed by atoms with Gasteiger partial charge < -0.3 is 19.7 Å². The smallest absolute Gasteiger partial charge is 0.255 e. The predicted molar refractivity (Wildman–Crippen MR) is 118 cm³/mol. The first kappa shape index (κ1) is 21.4. The summed E-state index contributed by atoms with van der Waals surface area (Å²) in [4.78, 5) is 27.2. The Morgan fingerprint density at radius 1 is 1.00 bits per heavy atom. The average molecular weight is 423 g/mol. The maximum atomic E-state index is 12.7. The van der Waals surface area contributed by atoms with E-state index in [1.807, 2.05) is 47.4 Å². The van der Waals surface area contributed by atoms with Crippen LogP contribution in [0, 0.1) is 0 Å². The summed E-state index contributed by atoms with van der Waals surface area (Å²) in [6.45, 7) is 3.29. The third-order valence-corrected chi connectivity index (χ3v) is 5.88. The molecule has 0 spiro atoms. The van der Waals surface area contributed by atoms with Crippen molar-refractivity contribution in [3.05, 3.63) is 65.2 Å². The minimum atomic E-state index is -0.184. The molecule has 4 rings (SSSR count). The highest BCUT2D eigenvalue weighted by Crippen LogP contribution is 2.21. The molecule has 0 unspecified atom stereocenters. The summed E-state index contributed by atoms with van der Waals surface area (Å²) in [6, 6.07) is 14.8. The quantitative estimate of drug-likeness (QED) is 0.737. The van der Waals surface area contributed by atoms with E-state index in [0.717, 1.165) is 50.9 Å². The Kier molecular flexibility index (Phi) is 7.20. The van der Waals surface area contributed by atoms with Crippen molar-refractivity contribution in [2.75, 3.05) is 26.3 Å². The number of rotatable bonds is 7. The molecular formula is C25H30N2O4. The molecular weight excluding hydrogens is 392 g/mol. The first-order chi connectivity index (χ1) is 15.2. The first-order valence-corrected chi connectivity index (χ1v) is 11.2. The molecule has 31 heavy (non-hydrogen) atoms. The summed E-state index contributed by atoms with van der Waals surface area (Å²) in [5.41, 5.74) is 2.16. The number of hydrogen-bond donors (Lipinski definition) is 1. The Bertz CT molecular complexity index is 885. The normalized spacial score (nSPS) is 18.6. The monoisotopic (exact) mass is 422 g/mol. The van der Waals surface area contributed by atoms with Gasteiger partial charge in [-0.15, -0.1) is 0 Å². The molecule has 2 aliphatic heterocycles. The van der Waals surface area contributed by atoms with Crippen LogP contribution >= 0.6 is 0 Å². The number of carbonyl (C=O) groups excluding carboxylic acids is 2. The fraction of sp³-hybridized carbons (Fsp3) is 0.440.